The van der Waals surface area contributed by atoms with Crippen molar-refractivity contribution in [3.63, 3.8) is 0 Å². The summed E-state index contributed by atoms with van der Waals surface area (Å²) in [7, 11) is 1.62. The van der Waals surface area contributed by atoms with E-state index in [1.54, 1.807) is 13.2 Å². The van der Waals surface area contributed by atoms with Gasteiger partial charge in [0.25, 0.3) is 5.91 Å². The molecule has 0 unspecified atom stereocenters. The maximum Gasteiger partial charge on any atom is 0.270 e. The van der Waals surface area contributed by atoms with Crippen molar-refractivity contribution < 1.29 is 9.53 Å². The van der Waals surface area contributed by atoms with Crippen LogP contribution in [0.2, 0.25) is 0 Å². The van der Waals surface area contributed by atoms with Crippen LogP contribution in [0.1, 0.15) is 42.2 Å². The van der Waals surface area contributed by atoms with Crippen molar-refractivity contribution in [2.45, 2.75) is 37.8 Å². The van der Waals surface area contributed by atoms with Gasteiger partial charge >= 0.3 is 0 Å². The summed E-state index contributed by atoms with van der Waals surface area (Å²) in [5, 5.41) is 4.08. The summed E-state index contributed by atoms with van der Waals surface area (Å²) < 4.78 is 7.75. The Bertz CT molecular complexity index is 1160. The van der Waals surface area contributed by atoms with Gasteiger partial charge in [-0.2, -0.15) is 0 Å². The lowest BCUT2D eigenvalue weighted by Gasteiger charge is -2.31. The number of nitrogens with zero attached hydrogens (tertiary/aromatic N) is 3. The Morgan fingerprint density at radius 3 is 2.77 bits per heavy atom. The molecular weight excluding hydrogens is 376 g/mol. The molecule has 1 aromatic heterocycles. The van der Waals surface area contributed by atoms with Gasteiger partial charge in [0.1, 0.15) is 17.3 Å². The standard InChI is InChI=1S/C24H24N4O2/c1-30-22-15-21(27-20-7-3-2-6-19(20)22)24(29)26-17-8-10-18(11-9-17)28-14-4-5-16-12-13-25-23(16)28/h2-7,12-15,17-18H,8-11H2,1H3,(H,26,29). The molecule has 5 rings (SSSR count). The fourth-order valence-corrected chi connectivity index (χ4v) is 4.47. The van der Waals surface area contributed by atoms with Crippen molar-refractivity contribution in [1.29, 1.82) is 0 Å². The third-order valence-corrected chi connectivity index (χ3v) is 6.03. The van der Waals surface area contributed by atoms with Crippen LogP contribution in [0.3, 0.4) is 0 Å². The van der Waals surface area contributed by atoms with Crippen LogP contribution in [0.4, 0.5) is 0 Å². The van der Waals surface area contributed by atoms with E-state index in [4.69, 9.17) is 4.74 Å². The zero-order chi connectivity index (χ0) is 20.5. The van der Waals surface area contributed by atoms with Gasteiger partial charge in [0.15, 0.2) is 0 Å². The first kappa shape index (κ1) is 18.6. The molecule has 6 nitrogen and oxygen atoms in total. The molecular formula is C24H24N4O2. The van der Waals surface area contributed by atoms with Crippen LogP contribution in [0, 0.1) is 0 Å². The quantitative estimate of drug-likeness (QED) is 0.549. The normalized spacial score (nSPS) is 19.1. The fraction of sp³-hybridized carbons (Fsp3) is 0.292. The number of aromatic nitrogens is 3. The molecule has 152 valence electrons. The van der Waals surface area contributed by atoms with Crippen LogP contribution in [0.5, 0.6) is 5.75 Å². The molecule has 6 heteroatoms. The Kier molecular flexibility index (Phi) is 4.83. The van der Waals surface area contributed by atoms with Gasteiger partial charge in [0, 0.05) is 41.5 Å². The number of carbonyl (C=O) groups excluding carboxylic acids is 1. The molecule has 2 aromatic rings. The molecule has 1 N–H and O–H groups in total. The third kappa shape index (κ3) is 3.38. The molecule has 3 aliphatic rings. The van der Waals surface area contributed by atoms with Gasteiger partial charge in [-0.25, -0.2) is 9.97 Å². The van der Waals surface area contributed by atoms with Gasteiger partial charge in [0.05, 0.1) is 12.6 Å². The van der Waals surface area contributed by atoms with Crippen LogP contribution in [-0.4, -0.2) is 33.6 Å². The first-order chi connectivity index (χ1) is 14.7. The predicted octanol–water partition coefficient (Wildman–Crippen LogP) is 4.46. The molecule has 0 spiro atoms. The van der Waals surface area contributed by atoms with Crippen LogP contribution in [-0.2, 0) is 0 Å². The molecule has 0 radical (unpaired) electrons. The summed E-state index contributed by atoms with van der Waals surface area (Å²) in [6.07, 6.45) is 7.87. The highest BCUT2D eigenvalue weighted by Crippen LogP contribution is 2.33. The van der Waals surface area contributed by atoms with Crippen LogP contribution >= 0.6 is 0 Å². The monoisotopic (exact) mass is 400 g/mol. The van der Waals surface area contributed by atoms with Crippen molar-refractivity contribution in [2.75, 3.05) is 7.11 Å². The van der Waals surface area contributed by atoms with Crippen LogP contribution in [0.25, 0.3) is 22.3 Å². The molecule has 1 amide bonds. The van der Waals surface area contributed by atoms with E-state index in [1.807, 2.05) is 36.5 Å². The fourth-order valence-electron chi connectivity index (χ4n) is 4.47. The second-order valence-electron chi connectivity index (χ2n) is 7.85. The Morgan fingerprint density at radius 1 is 1.10 bits per heavy atom. The number of para-hydroxylation sites is 1. The zero-order valence-corrected chi connectivity index (χ0v) is 16.9. The highest BCUT2D eigenvalue weighted by Gasteiger charge is 2.26. The number of pyridine rings is 2. The van der Waals surface area contributed by atoms with Gasteiger partial charge < -0.3 is 14.6 Å². The van der Waals surface area contributed by atoms with Gasteiger partial charge in [-0.3, -0.25) is 4.79 Å². The van der Waals surface area contributed by atoms with Crippen LogP contribution < -0.4 is 10.1 Å². The first-order valence-corrected chi connectivity index (χ1v) is 10.4. The molecule has 1 fully saturated rings. The summed E-state index contributed by atoms with van der Waals surface area (Å²) >= 11 is 0. The highest BCUT2D eigenvalue weighted by atomic mass is 16.5. The van der Waals surface area contributed by atoms with Crippen molar-refractivity contribution in [1.82, 2.24) is 19.9 Å². The van der Waals surface area contributed by atoms with Crippen LogP contribution in [0.15, 0.2) is 60.9 Å². The first-order valence-electron chi connectivity index (χ1n) is 10.4. The summed E-state index contributed by atoms with van der Waals surface area (Å²) in [6, 6.07) is 16.2. The lowest BCUT2D eigenvalue weighted by Crippen LogP contribution is -2.38. The molecule has 30 heavy (non-hydrogen) atoms. The molecule has 0 saturated heterocycles. The van der Waals surface area contributed by atoms with Gasteiger partial charge in [-0.1, -0.05) is 12.1 Å². The maximum absolute atomic E-state index is 12.9. The number of hydrogen-bond donors (Lipinski definition) is 1. The molecule has 1 aliphatic carbocycles. The van der Waals surface area contributed by atoms with E-state index >= 15 is 0 Å². The molecule has 1 saturated carbocycles. The number of nitrogens with one attached hydrogen (secondary N) is 1. The molecule has 1 aromatic carbocycles. The predicted molar refractivity (Wildman–Crippen MR) is 116 cm³/mol. The average molecular weight is 400 g/mol. The summed E-state index contributed by atoms with van der Waals surface area (Å²) in [5.74, 6) is 1.56. The smallest absolute Gasteiger partial charge is 0.270 e. The Hall–Kier alpha value is -3.41. The van der Waals surface area contributed by atoms with E-state index in [-0.39, 0.29) is 11.9 Å². The van der Waals surface area contributed by atoms with E-state index in [0.717, 1.165) is 42.4 Å². The summed E-state index contributed by atoms with van der Waals surface area (Å²) in [4.78, 5) is 21.9. The van der Waals surface area contributed by atoms with E-state index in [2.05, 4.69) is 38.2 Å². The number of ether oxygens (including phenoxy) is 1. The SMILES string of the molecule is COc1cc(C(=O)NC2CCC(n3cccc4ccnc3-4)CC2)nc2ccccc12. The molecule has 0 atom stereocenters. The highest BCUT2D eigenvalue weighted by molar-refractivity contribution is 5.97. The summed E-state index contributed by atoms with van der Waals surface area (Å²) in [5.41, 5.74) is 2.33. The number of rotatable bonds is 4. The maximum atomic E-state index is 12.9. The number of amides is 1. The summed E-state index contributed by atoms with van der Waals surface area (Å²) in [6.45, 7) is 0. The number of hydrogen-bond acceptors (Lipinski definition) is 4. The van der Waals surface area contributed by atoms with E-state index in [1.165, 1.54) is 5.56 Å². The molecule has 0 bridgehead atoms. The Labute approximate surface area is 175 Å². The number of fused-ring (bicyclic) bond motifs is 2. The van der Waals surface area contributed by atoms with Gasteiger partial charge in [-0.05, 0) is 56.0 Å². The second-order valence-corrected chi connectivity index (χ2v) is 7.85. The number of carbonyl (C=O) groups is 1. The van der Waals surface area contributed by atoms with E-state index < -0.39 is 0 Å². The Balaban J connectivity index is 1.27. The topological polar surface area (TPSA) is 69.0 Å². The largest absolute Gasteiger partial charge is 0.496 e. The lowest BCUT2D eigenvalue weighted by atomic mass is 9.90. The lowest BCUT2D eigenvalue weighted by molar-refractivity contribution is 0.0917. The molecule has 2 aliphatic heterocycles. The second kappa shape index (κ2) is 7.78. The number of methoxy groups -OCH3 is 1. The van der Waals surface area contributed by atoms with Crippen molar-refractivity contribution in [3.8, 4) is 17.1 Å². The van der Waals surface area contributed by atoms with Gasteiger partial charge in [-0.15, -0.1) is 0 Å². The van der Waals surface area contributed by atoms with E-state index in [0.29, 0.717) is 17.5 Å². The van der Waals surface area contributed by atoms with E-state index in [9.17, 15) is 4.79 Å². The van der Waals surface area contributed by atoms with Crippen molar-refractivity contribution in [3.05, 3.63) is 66.6 Å². The zero-order valence-electron chi connectivity index (χ0n) is 16.9. The molecule has 3 heterocycles. The van der Waals surface area contributed by atoms with Crippen molar-refractivity contribution in [2.24, 2.45) is 0 Å². The number of benzene rings is 1. The Morgan fingerprint density at radius 2 is 1.93 bits per heavy atom. The third-order valence-electron chi connectivity index (χ3n) is 6.03. The van der Waals surface area contributed by atoms with Crippen molar-refractivity contribution >= 4 is 16.8 Å². The minimum atomic E-state index is -0.144. The average Bonchev–Trinajstić information content (AvgIpc) is 3.28. The minimum absolute atomic E-state index is 0.144. The minimum Gasteiger partial charge on any atom is -0.496 e. The van der Waals surface area contributed by atoms with Gasteiger partial charge in [0.2, 0.25) is 0 Å².